The molecule has 1 aromatic rings. The molecule has 0 aromatic heterocycles. The van der Waals surface area contributed by atoms with Crippen molar-refractivity contribution in [2.45, 2.75) is 19.9 Å². The molecular weight excluding hydrogens is 333 g/mol. The molecule has 0 unspecified atom stereocenters. The van der Waals surface area contributed by atoms with Gasteiger partial charge in [-0.3, -0.25) is 14.4 Å². The number of ether oxygens (including phenoxy) is 1. The van der Waals surface area contributed by atoms with Gasteiger partial charge in [0, 0.05) is 5.56 Å². The molecule has 0 fully saturated rings. The Hall–Kier alpha value is -2.97. The third-order valence-electron chi connectivity index (χ3n) is 3.12. The second-order valence-corrected chi connectivity index (χ2v) is 5.55. The van der Waals surface area contributed by atoms with Gasteiger partial charge in [-0.1, -0.05) is 13.8 Å². The number of hydrogen-bond donors (Lipinski definition) is 3. The highest BCUT2D eigenvalue weighted by atomic mass is 19.1. The fourth-order valence-corrected chi connectivity index (χ4v) is 1.79. The van der Waals surface area contributed by atoms with E-state index in [9.17, 15) is 23.6 Å². The van der Waals surface area contributed by atoms with Gasteiger partial charge >= 0.3 is 5.97 Å². The SMILES string of the molecule is CC(C)[C@H](NC(=O)c1ccc(F)cc1)C(=O)OCC(=O)NCC(N)=O. The van der Waals surface area contributed by atoms with Crippen molar-refractivity contribution in [1.82, 2.24) is 10.6 Å². The average molecular weight is 353 g/mol. The van der Waals surface area contributed by atoms with Crippen LogP contribution in [0.15, 0.2) is 24.3 Å². The lowest BCUT2D eigenvalue weighted by atomic mass is 10.0. The van der Waals surface area contributed by atoms with Gasteiger partial charge in [-0.2, -0.15) is 0 Å². The van der Waals surface area contributed by atoms with Crippen LogP contribution in [0.4, 0.5) is 4.39 Å². The Kier molecular flexibility index (Phi) is 7.51. The Morgan fingerprint density at radius 3 is 2.28 bits per heavy atom. The first-order valence-corrected chi connectivity index (χ1v) is 7.48. The Labute approximate surface area is 143 Å². The van der Waals surface area contributed by atoms with Crippen LogP contribution in [0.25, 0.3) is 0 Å². The third kappa shape index (κ3) is 6.98. The molecule has 0 radical (unpaired) electrons. The van der Waals surface area contributed by atoms with Crippen LogP contribution in [0.3, 0.4) is 0 Å². The molecular formula is C16H20FN3O5. The average Bonchev–Trinajstić information content (AvgIpc) is 2.55. The minimum atomic E-state index is -0.999. The Morgan fingerprint density at radius 2 is 1.76 bits per heavy atom. The van der Waals surface area contributed by atoms with Crippen molar-refractivity contribution in [2.75, 3.05) is 13.2 Å². The quantitative estimate of drug-likeness (QED) is 0.554. The number of nitrogens with two attached hydrogens (primary N) is 1. The Bertz CT molecular complexity index is 646. The molecule has 136 valence electrons. The van der Waals surface area contributed by atoms with Crippen molar-refractivity contribution in [3.63, 3.8) is 0 Å². The maximum Gasteiger partial charge on any atom is 0.329 e. The molecule has 9 heteroatoms. The van der Waals surface area contributed by atoms with Gasteiger partial charge in [0.25, 0.3) is 11.8 Å². The van der Waals surface area contributed by atoms with E-state index in [4.69, 9.17) is 10.5 Å². The number of primary amides is 1. The van der Waals surface area contributed by atoms with E-state index in [-0.39, 0.29) is 18.0 Å². The number of hydrogen-bond acceptors (Lipinski definition) is 5. The molecule has 3 amide bonds. The summed E-state index contributed by atoms with van der Waals surface area (Å²) in [5, 5.41) is 4.65. The van der Waals surface area contributed by atoms with E-state index in [1.54, 1.807) is 13.8 Å². The van der Waals surface area contributed by atoms with Crippen molar-refractivity contribution < 1.29 is 28.3 Å². The van der Waals surface area contributed by atoms with Gasteiger partial charge in [0.05, 0.1) is 6.54 Å². The van der Waals surface area contributed by atoms with Crippen LogP contribution in [-0.2, 0) is 19.1 Å². The van der Waals surface area contributed by atoms with E-state index in [0.29, 0.717) is 0 Å². The Morgan fingerprint density at radius 1 is 1.16 bits per heavy atom. The monoisotopic (exact) mass is 353 g/mol. The second-order valence-electron chi connectivity index (χ2n) is 5.55. The van der Waals surface area contributed by atoms with E-state index in [1.807, 2.05) is 0 Å². The zero-order valence-corrected chi connectivity index (χ0v) is 13.9. The normalized spacial score (nSPS) is 11.5. The number of benzene rings is 1. The number of rotatable bonds is 8. The molecule has 25 heavy (non-hydrogen) atoms. The standard InChI is InChI=1S/C16H20FN3O5/c1-9(2)14(16(24)25-8-13(22)19-7-12(18)21)20-15(23)10-3-5-11(17)6-4-10/h3-6,9,14H,7-8H2,1-2H3,(H2,18,21)(H,19,22)(H,20,23)/t14-/m0/s1. The predicted octanol–water partition coefficient (Wildman–Crippen LogP) is -0.275. The van der Waals surface area contributed by atoms with Crippen molar-refractivity contribution in [2.24, 2.45) is 11.7 Å². The summed E-state index contributed by atoms with van der Waals surface area (Å²) in [4.78, 5) is 46.1. The van der Waals surface area contributed by atoms with Gasteiger partial charge in [0.15, 0.2) is 6.61 Å². The van der Waals surface area contributed by atoms with Crippen LogP contribution in [0.1, 0.15) is 24.2 Å². The van der Waals surface area contributed by atoms with E-state index in [2.05, 4.69) is 10.6 Å². The van der Waals surface area contributed by atoms with Crippen molar-refractivity contribution in [1.29, 1.82) is 0 Å². The molecule has 0 bridgehead atoms. The van der Waals surface area contributed by atoms with E-state index < -0.39 is 42.2 Å². The van der Waals surface area contributed by atoms with Gasteiger partial charge in [-0.25, -0.2) is 9.18 Å². The summed E-state index contributed by atoms with van der Waals surface area (Å²) in [7, 11) is 0. The van der Waals surface area contributed by atoms with Gasteiger partial charge in [0.1, 0.15) is 11.9 Å². The van der Waals surface area contributed by atoms with E-state index >= 15 is 0 Å². The molecule has 0 aliphatic carbocycles. The van der Waals surface area contributed by atoms with Crippen LogP contribution in [-0.4, -0.2) is 42.9 Å². The highest BCUT2D eigenvalue weighted by Gasteiger charge is 2.26. The minimum Gasteiger partial charge on any atom is -0.454 e. The molecule has 0 aliphatic heterocycles. The second kappa shape index (κ2) is 9.36. The van der Waals surface area contributed by atoms with Gasteiger partial charge < -0.3 is 21.1 Å². The molecule has 8 nitrogen and oxygen atoms in total. The largest absolute Gasteiger partial charge is 0.454 e. The van der Waals surface area contributed by atoms with Crippen LogP contribution < -0.4 is 16.4 Å². The molecule has 0 aliphatic rings. The number of carbonyl (C=O) groups excluding carboxylic acids is 4. The van der Waals surface area contributed by atoms with Gasteiger partial charge in [-0.15, -0.1) is 0 Å². The smallest absolute Gasteiger partial charge is 0.329 e. The van der Waals surface area contributed by atoms with Crippen molar-refractivity contribution >= 4 is 23.7 Å². The lowest BCUT2D eigenvalue weighted by molar-refractivity contribution is -0.151. The topological polar surface area (TPSA) is 128 Å². The first-order valence-electron chi connectivity index (χ1n) is 7.48. The summed E-state index contributed by atoms with van der Waals surface area (Å²) in [5.74, 6) is -3.61. The lowest BCUT2D eigenvalue weighted by Crippen LogP contribution is -2.46. The highest BCUT2D eigenvalue weighted by Crippen LogP contribution is 2.08. The van der Waals surface area contributed by atoms with Crippen LogP contribution >= 0.6 is 0 Å². The number of esters is 1. The van der Waals surface area contributed by atoms with Gasteiger partial charge in [-0.05, 0) is 30.2 Å². The molecule has 4 N–H and O–H groups in total. The summed E-state index contributed by atoms with van der Waals surface area (Å²) >= 11 is 0. The number of carbonyl (C=O) groups is 4. The Balaban J connectivity index is 2.61. The van der Waals surface area contributed by atoms with Crippen molar-refractivity contribution in [3.05, 3.63) is 35.6 Å². The van der Waals surface area contributed by atoms with Gasteiger partial charge in [0.2, 0.25) is 5.91 Å². The molecule has 1 atom stereocenters. The molecule has 1 aromatic carbocycles. The maximum atomic E-state index is 12.9. The molecule has 0 spiro atoms. The maximum absolute atomic E-state index is 12.9. The number of amides is 3. The van der Waals surface area contributed by atoms with E-state index in [1.165, 1.54) is 12.1 Å². The van der Waals surface area contributed by atoms with E-state index in [0.717, 1.165) is 12.1 Å². The third-order valence-corrected chi connectivity index (χ3v) is 3.12. The predicted molar refractivity (Wildman–Crippen MR) is 85.7 cm³/mol. The molecule has 0 saturated carbocycles. The zero-order chi connectivity index (χ0) is 19.0. The summed E-state index contributed by atoms with van der Waals surface area (Å²) in [6.45, 7) is 2.39. The minimum absolute atomic E-state index is 0.180. The summed E-state index contributed by atoms with van der Waals surface area (Å²) in [5.41, 5.74) is 5.05. The van der Waals surface area contributed by atoms with Crippen LogP contribution in [0.2, 0.25) is 0 Å². The van der Waals surface area contributed by atoms with Crippen molar-refractivity contribution in [3.8, 4) is 0 Å². The summed E-state index contributed by atoms with van der Waals surface area (Å²) in [6.07, 6.45) is 0. The van der Waals surface area contributed by atoms with Crippen LogP contribution in [0.5, 0.6) is 0 Å². The highest BCUT2D eigenvalue weighted by molar-refractivity contribution is 5.97. The van der Waals surface area contributed by atoms with Crippen LogP contribution in [0, 0.1) is 11.7 Å². The molecule has 0 saturated heterocycles. The fraction of sp³-hybridized carbons (Fsp3) is 0.375. The first-order chi connectivity index (χ1) is 11.7. The number of halogens is 1. The summed E-state index contributed by atoms with van der Waals surface area (Å²) in [6, 6.07) is 3.82. The molecule has 0 heterocycles. The fourth-order valence-electron chi connectivity index (χ4n) is 1.79. The lowest BCUT2D eigenvalue weighted by Gasteiger charge is -2.20. The molecule has 1 rings (SSSR count). The summed E-state index contributed by atoms with van der Waals surface area (Å²) < 4.78 is 17.7. The number of nitrogens with one attached hydrogen (secondary N) is 2. The first kappa shape index (κ1) is 20.1. The zero-order valence-electron chi connectivity index (χ0n) is 13.9.